The zero-order valence-corrected chi connectivity index (χ0v) is 16.9. The van der Waals surface area contributed by atoms with Crippen molar-refractivity contribution in [3.8, 4) is 17.3 Å². The molecule has 0 spiro atoms. The standard InChI is InChI=1S/C17H14F5N5O2.C2H6/c1-26-16(11(7-28)14(25-26)15(18)19)29-8-10-3-2-5-23-13(10)12-4-6-24-27(12)9-17(20,21)22;1-2/h2-7,15H,8-9H2,1H3;1-2H3. The van der Waals surface area contributed by atoms with Crippen LogP contribution in [0.15, 0.2) is 30.6 Å². The largest absolute Gasteiger partial charge is 0.472 e. The van der Waals surface area contributed by atoms with Crippen LogP contribution >= 0.6 is 0 Å². The number of carbonyl (C=O) groups is 1. The fourth-order valence-corrected chi connectivity index (χ4v) is 2.75. The Morgan fingerprint density at radius 1 is 1.19 bits per heavy atom. The van der Waals surface area contributed by atoms with Crippen molar-refractivity contribution < 1.29 is 31.5 Å². The number of hydrogen-bond acceptors (Lipinski definition) is 5. The van der Waals surface area contributed by atoms with Gasteiger partial charge in [0.15, 0.2) is 6.29 Å². The number of aromatic nitrogens is 5. The van der Waals surface area contributed by atoms with Gasteiger partial charge in [-0.05, 0) is 12.1 Å². The summed E-state index contributed by atoms with van der Waals surface area (Å²) in [7, 11) is 1.33. The zero-order valence-electron chi connectivity index (χ0n) is 16.9. The Bertz CT molecular complexity index is 1010. The van der Waals surface area contributed by atoms with E-state index in [1.54, 1.807) is 12.1 Å². The van der Waals surface area contributed by atoms with Gasteiger partial charge in [-0.3, -0.25) is 14.5 Å². The van der Waals surface area contributed by atoms with Crippen LogP contribution in [0.1, 0.15) is 41.9 Å². The SMILES string of the molecule is CC.Cn1nc(C(F)F)c(C=O)c1OCc1cccnc1-c1ccnn1CC(F)(F)F. The summed E-state index contributed by atoms with van der Waals surface area (Å²) in [6, 6.07) is 4.47. The molecule has 0 saturated heterocycles. The van der Waals surface area contributed by atoms with Crippen molar-refractivity contribution >= 4 is 6.29 Å². The average molecular weight is 445 g/mol. The van der Waals surface area contributed by atoms with Gasteiger partial charge in [0.05, 0.1) is 11.4 Å². The third-order valence-electron chi connectivity index (χ3n) is 3.93. The van der Waals surface area contributed by atoms with E-state index in [4.69, 9.17) is 4.74 Å². The Kier molecular flexibility index (Phi) is 7.83. The number of halogens is 5. The van der Waals surface area contributed by atoms with Crippen LogP contribution in [0.4, 0.5) is 22.0 Å². The Balaban J connectivity index is 0.00000166. The summed E-state index contributed by atoms with van der Waals surface area (Å²) in [6.07, 6.45) is -4.64. The third-order valence-corrected chi connectivity index (χ3v) is 3.93. The van der Waals surface area contributed by atoms with E-state index in [-0.39, 0.29) is 30.2 Å². The Morgan fingerprint density at radius 2 is 1.90 bits per heavy atom. The molecule has 0 N–H and O–H groups in total. The van der Waals surface area contributed by atoms with Crippen LogP contribution in [-0.2, 0) is 20.2 Å². The van der Waals surface area contributed by atoms with Gasteiger partial charge in [-0.25, -0.2) is 13.5 Å². The summed E-state index contributed by atoms with van der Waals surface area (Å²) < 4.78 is 71.6. The molecule has 3 rings (SSSR count). The van der Waals surface area contributed by atoms with Crippen LogP contribution in [0.2, 0.25) is 0 Å². The molecule has 0 aliphatic rings. The van der Waals surface area contributed by atoms with Gasteiger partial charge in [-0.2, -0.15) is 23.4 Å². The molecular weight excluding hydrogens is 425 g/mol. The number of pyridine rings is 1. The number of aldehydes is 1. The van der Waals surface area contributed by atoms with E-state index in [1.165, 1.54) is 25.5 Å². The number of nitrogens with zero attached hydrogens (tertiary/aromatic N) is 5. The molecule has 0 bridgehead atoms. The number of ether oxygens (including phenoxy) is 1. The lowest BCUT2D eigenvalue weighted by molar-refractivity contribution is -0.142. The molecule has 0 atom stereocenters. The second kappa shape index (κ2) is 10.1. The van der Waals surface area contributed by atoms with Crippen molar-refractivity contribution in [3.63, 3.8) is 0 Å². The van der Waals surface area contributed by atoms with Crippen LogP contribution < -0.4 is 4.74 Å². The van der Waals surface area contributed by atoms with Crippen molar-refractivity contribution in [2.24, 2.45) is 7.05 Å². The lowest BCUT2D eigenvalue weighted by atomic mass is 10.1. The van der Waals surface area contributed by atoms with Crippen molar-refractivity contribution in [3.05, 3.63) is 47.4 Å². The fraction of sp³-hybridized carbons (Fsp3) is 0.368. The van der Waals surface area contributed by atoms with Gasteiger partial charge in [-0.15, -0.1) is 0 Å². The molecule has 0 aliphatic carbocycles. The fourth-order valence-electron chi connectivity index (χ4n) is 2.75. The highest BCUT2D eigenvalue weighted by atomic mass is 19.4. The molecule has 0 unspecified atom stereocenters. The van der Waals surface area contributed by atoms with Gasteiger partial charge in [-0.1, -0.05) is 19.9 Å². The molecule has 0 fully saturated rings. The molecule has 0 radical (unpaired) electrons. The number of rotatable bonds is 7. The highest BCUT2D eigenvalue weighted by molar-refractivity contribution is 5.80. The summed E-state index contributed by atoms with van der Waals surface area (Å²) in [5, 5.41) is 7.25. The van der Waals surface area contributed by atoms with Crippen molar-refractivity contribution in [1.29, 1.82) is 0 Å². The summed E-state index contributed by atoms with van der Waals surface area (Å²) in [4.78, 5) is 15.3. The second-order valence-electron chi connectivity index (χ2n) is 5.94. The first-order chi connectivity index (χ1) is 14.7. The normalized spacial score (nSPS) is 11.3. The van der Waals surface area contributed by atoms with Gasteiger partial charge in [0.2, 0.25) is 5.88 Å². The molecule has 0 amide bonds. The molecule has 3 heterocycles. The van der Waals surface area contributed by atoms with E-state index in [0.717, 1.165) is 9.36 Å². The maximum Gasteiger partial charge on any atom is 0.408 e. The molecular formula is C19H20F5N5O2. The Labute approximate surface area is 174 Å². The third kappa shape index (κ3) is 5.64. The molecule has 31 heavy (non-hydrogen) atoms. The van der Waals surface area contributed by atoms with Crippen molar-refractivity contribution in [1.82, 2.24) is 24.5 Å². The average Bonchev–Trinajstić information content (AvgIpc) is 3.30. The molecule has 3 aromatic heterocycles. The van der Waals surface area contributed by atoms with Gasteiger partial charge in [0, 0.05) is 25.0 Å². The van der Waals surface area contributed by atoms with E-state index in [2.05, 4.69) is 15.2 Å². The number of hydrogen-bond donors (Lipinski definition) is 0. The maximum atomic E-state index is 13.0. The summed E-state index contributed by atoms with van der Waals surface area (Å²) >= 11 is 0. The highest BCUT2D eigenvalue weighted by Gasteiger charge is 2.30. The number of carbonyl (C=O) groups excluding carboxylic acids is 1. The van der Waals surface area contributed by atoms with E-state index in [0.29, 0.717) is 5.56 Å². The zero-order chi connectivity index (χ0) is 23.2. The molecule has 168 valence electrons. The molecule has 0 aliphatic heterocycles. The predicted molar refractivity (Wildman–Crippen MR) is 101 cm³/mol. The van der Waals surface area contributed by atoms with Gasteiger partial charge in [0.1, 0.15) is 24.4 Å². The maximum absolute atomic E-state index is 13.0. The van der Waals surface area contributed by atoms with Crippen molar-refractivity contribution in [2.45, 2.75) is 39.6 Å². The number of aryl methyl sites for hydroxylation is 1. The smallest absolute Gasteiger partial charge is 0.408 e. The first kappa shape index (κ1) is 24.0. The first-order valence-electron chi connectivity index (χ1n) is 9.17. The highest BCUT2D eigenvalue weighted by Crippen LogP contribution is 2.30. The lowest BCUT2D eigenvalue weighted by Gasteiger charge is -2.13. The van der Waals surface area contributed by atoms with Crippen molar-refractivity contribution in [2.75, 3.05) is 0 Å². The molecule has 3 aromatic rings. The van der Waals surface area contributed by atoms with Crippen LogP contribution in [-0.4, -0.2) is 37.0 Å². The first-order valence-corrected chi connectivity index (χ1v) is 9.17. The van der Waals surface area contributed by atoms with Crippen LogP contribution in [0.25, 0.3) is 11.4 Å². The summed E-state index contributed by atoms with van der Waals surface area (Å²) in [5.41, 5.74) is -0.455. The summed E-state index contributed by atoms with van der Waals surface area (Å²) in [6.45, 7) is 2.45. The topological polar surface area (TPSA) is 74.8 Å². The molecule has 0 saturated carbocycles. The van der Waals surface area contributed by atoms with E-state index in [1.807, 2.05) is 13.8 Å². The quantitative estimate of drug-likeness (QED) is 0.393. The van der Waals surface area contributed by atoms with E-state index < -0.39 is 30.4 Å². The van der Waals surface area contributed by atoms with Crippen LogP contribution in [0, 0.1) is 0 Å². The minimum Gasteiger partial charge on any atom is -0.472 e. The minimum atomic E-state index is -4.48. The monoisotopic (exact) mass is 445 g/mol. The van der Waals surface area contributed by atoms with Gasteiger partial charge >= 0.3 is 6.18 Å². The molecule has 7 nitrogen and oxygen atoms in total. The molecule has 0 aromatic carbocycles. The Hall–Kier alpha value is -3.31. The second-order valence-corrected chi connectivity index (χ2v) is 5.94. The van der Waals surface area contributed by atoms with Crippen LogP contribution in [0.5, 0.6) is 5.88 Å². The predicted octanol–water partition coefficient (Wildman–Crippen LogP) is 4.60. The molecule has 12 heteroatoms. The van der Waals surface area contributed by atoms with E-state index >= 15 is 0 Å². The summed E-state index contributed by atoms with van der Waals surface area (Å²) in [5.74, 6) is -0.186. The lowest BCUT2D eigenvalue weighted by Crippen LogP contribution is -2.19. The number of alkyl halides is 5. The van der Waals surface area contributed by atoms with Gasteiger partial charge < -0.3 is 4.74 Å². The van der Waals surface area contributed by atoms with Crippen LogP contribution in [0.3, 0.4) is 0 Å². The Morgan fingerprint density at radius 3 is 2.52 bits per heavy atom. The van der Waals surface area contributed by atoms with Gasteiger partial charge in [0.25, 0.3) is 6.43 Å². The van der Waals surface area contributed by atoms with E-state index in [9.17, 15) is 26.7 Å². The minimum absolute atomic E-state index is 0.107.